The summed E-state index contributed by atoms with van der Waals surface area (Å²) in [6.45, 7) is 3.24. The molecule has 26 heavy (non-hydrogen) atoms. The van der Waals surface area contributed by atoms with Gasteiger partial charge in [0.1, 0.15) is 11.6 Å². The van der Waals surface area contributed by atoms with Gasteiger partial charge in [0.15, 0.2) is 6.61 Å². The van der Waals surface area contributed by atoms with Gasteiger partial charge in [0.25, 0.3) is 5.91 Å². The van der Waals surface area contributed by atoms with Crippen LogP contribution in [0.2, 0.25) is 0 Å². The molecule has 8 heteroatoms. The Kier molecular flexibility index (Phi) is 5.65. The van der Waals surface area contributed by atoms with Gasteiger partial charge < -0.3 is 25.4 Å². The summed E-state index contributed by atoms with van der Waals surface area (Å²) in [7, 11) is 0. The van der Waals surface area contributed by atoms with Gasteiger partial charge in [-0.05, 0) is 36.4 Å². The Morgan fingerprint density at radius 2 is 1.88 bits per heavy atom. The van der Waals surface area contributed by atoms with Crippen molar-refractivity contribution in [2.75, 3.05) is 43.0 Å². The molecule has 3 N–H and O–H groups in total. The van der Waals surface area contributed by atoms with Crippen LogP contribution in [-0.2, 0) is 4.79 Å². The zero-order valence-electron chi connectivity index (χ0n) is 14.1. The molecule has 1 aliphatic rings. The number of pyridine rings is 1. The van der Waals surface area contributed by atoms with Crippen molar-refractivity contribution in [3.05, 3.63) is 48.2 Å². The third-order valence-electron chi connectivity index (χ3n) is 3.93. The van der Waals surface area contributed by atoms with Crippen LogP contribution in [0.4, 0.5) is 11.5 Å². The van der Waals surface area contributed by atoms with Gasteiger partial charge in [-0.2, -0.15) is 0 Å². The van der Waals surface area contributed by atoms with Crippen LogP contribution < -0.4 is 20.3 Å². The largest absolute Gasteiger partial charge is 0.482 e. The van der Waals surface area contributed by atoms with Gasteiger partial charge in [-0.1, -0.05) is 0 Å². The molecule has 2 aromatic rings. The molecule has 3 rings (SSSR count). The molecule has 0 spiro atoms. The van der Waals surface area contributed by atoms with E-state index in [-0.39, 0.29) is 5.91 Å². The maximum absolute atomic E-state index is 12.3. The van der Waals surface area contributed by atoms with Crippen molar-refractivity contribution in [3.8, 4) is 5.75 Å². The number of rotatable bonds is 6. The molecule has 1 saturated heterocycles. The first-order valence-corrected chi connectivity index (χ1v) is 8.29. The number of nitrogens with zero attached hydrogens (tertiary/aromatic N) is 2. The molecule has 1 aromatic carbocycles. The van der Waals surface area contributed by atoms with Gasteiger partial charge in [0, 0.05) is 38.1 Å². The summed E-state index contributed by atoms with van der Waals surface area (Å²) in [4.78, 5) is 29.3. The standard InChI is InChI=1S/C18H20N4O4/c23-17(24)12-26-15-4-2-14(3-5-15)21-18(25)13-1-6-16(20-11-13)22-9-7-19-8-10-22/h1-6,11,19H,7-10,12H2,(H,21,25)(H,23,24). The number of carboxylic acids is 1. The van der Waals surface area contributed by atoms with Crippen LogP contribution in [-0.4, -0.2) is 54.8 Å². The second-order valence-electron chi connectivity index (χ2n) is 5.80. The van der Waals surface area contributed by atoms with Crippen LogP contribution in [0.5, 0.6) is 5.75 Å². The summed E-state index contributed by atoms with van der Waals surface area (Å²) in [5, 5.41) is 14.6. The molecule has 0 saturated carbocycles. The Morgan fingerprint density at radius 1 is 1.15 bits per heavy atom. The molecule has 1 amide bonds. The normalized spacial score (nSPS) is 13.9. The van der Waals surface area contributed by atoms with Gasteiger partial charge in [0.2, 0.25) is 0 Å². The van der Waals surface area contributed by atoms with Crippen LogP contribution in [0.15, 0.2) is 42.6 Å². The minimum Gasteiger partial charge on any atom is -0.482 e. The summed E-state index contributed by atoms with van der Waals surface area (Å²) >= 11 is 0. The number of aliphatic carboxylic acids is 1. The maximum atomic E-state index is 12.3. The van der Waals surface area contributed by atoms with E-state index in [9.17, 15) is 9.59 Å². The number of piperazine rings is 1. The summed E-state index contributed by atoms with van der Waals surface area (Å²) in [5.41, 5.74) is 1.05. The van der Waals surface area contributed by atoms with Crippen LogP contribution in [0, 0.1) is 0 Å². The highest BCUT2D eigenvalue weighted by Crippen LogP contribution is 2.17. The Bertz CT molecular complexity index is 756. The van der Waals surface area contributed by atoms with Gasteiger partial charge >= 0.3 is 5.97 Å². The third kappa shape index (κ3) is 4.70. The molecule has 1 aromatic heterocycles. The van der Waals surface area contributed by atoms with Crippen molar-refractivity contribution in [1.82, 2.24) is 10.3 Å². The van der Waals surface area contributed by atoms with Gasteiger partial charge in [-0.3, -0.25) is 4.79 Å². The van der Waals surface area contributed by atoms with E-state index in [1.54, 1.807) is 36.5 Å². The van der Waals surface area contributed by atoms with Crippen LogP contribution in [0.1, 0.15) is 10.4 Å². The molecular weight excluding hydrogens is 336 g/mol. The molecule has 1 fully saturated rings. The maximum Gasteiger partial charge on any atom is 0.341 e. The van der Waals surface area contributed by atoms with Crippen molar-refractivity contribution in [1.29, 1.82) is 0 Å². The first-order chi connectivity index (χ1) is 12.6. The fourth-order valence-corrected chi connectivity index (χ4v) is 2.58. The average molecular weight is 356 g/mol. The van der Waals surface area contributed by atoms with Gasteiger partial charge in [0.05, 0.1) is 5.56 Å². The number of aromatic nitrogens is 1. The number of nitrogens with one attached hydrogen (secondary N) is 2. The van der Waals surface area contributed by atoms with E-state index in [4.69, 9.17) is 9.84 Å². The lowest BCUT2D eigenvalue weighted by atomic mass is 10.2. The second-order valence-corrected chi connectivity index (χ2v) is 5.80. The molecule has 136 valence electrons. The topological polar surface area (TPSA) is 104 Å². The Hall–Kier alpha value is -3.13. The van der Waals surface area contributed by atoms with Crippen molar-refractivity contribution >= 4 is 23.4 Å². The lowest BCUT2D eigenvalue weighted by Crippen LogP contribution is -2.43. The summed E-state index contributed by atoms with van der Waals surface area (Å²) < 4.78 is 5.05. The zero-order valence-corrected chi connectivity index (χ0v) is 14.1. The van der Waals surface area contributed by atoms with E-state index in [1.165, 1.54) is 0 Å². The molecular formula is C18H20N4O4. The van der Waals surface area contributed by atoms with E-state index < -0.39 is 12.6 Å². The predicted octanol–water partition coefficient (Wildman–Crippen LogP) is 1.21. The van der Waals surface area contributed by atoms with E-state index >= 15 is 0 Å². The molecule has 0 atom stereocenters. The third-order valence-corrected chi connectivity index (χ3v) is 3.93. The molecule has 2 heterocycles. The number of carbonyl (C=O) groups excluding carboxylic acids is 1. The first kappa shape index (κ1) is 17.7. The van der Waals surface area contributed by atoms with E-state index in [0.29, 0.717) is 17.0 Å². The van der Waals surface area contributed by atoms with Crippen molar-refractivity contribution < 1.29 is 19.4 Å². The summed E-state index contributed by atoms with van der Waals surface area (Å²) in [5.74, 6) is -0.0156. The predicted molar refractivity (Wildman–Crippen MR) is 96.8 cm³/mol. The fourth-order valence-electron chi connectivity index (χ4n) is 2.58. The molecule has 0 bridgehead atoms. The molecule has 0 unspecified atom stereocenters. The molecule has 1 aliphatic heterocycles. The quantitative estimate of drug-likeness (QED) is 0.715. The minimum atomic E-state index is -1.04. The van der Waals surface area contributed by atoms with Gasteiger partial charge in [-0.15, -0.1) is 0 Å². The number of ether oxygens (including phenoxy) is 1. The Balaban J connectivity index is 1.58. The number of hydrogen-bond acceptors (Lipinski definition) is 6. The number of anilines is 2. The lowest BCUT2D eigenvalue weighted by molar-refractivity contribution is -0.139. The van der Waals surface area contributed by atoms with Crippen molar-refractivity contribution in [2.24, 2.45) is 0 Å². The number of benzene rings is 1. The smallest absolute Gasteiger partial charge is 0.341 e. The SMILES string of the molecule is O=C(O)COc1ccc(NC(=O)c2ccc(N3CCNCC3)nc2)cc1. The number of amides is 1. The first-order valence-electron chi connectivity index (χ1n) is 8.29. The molecule has 0 radical (unpaired) electrons. The van der Waals surface area contributed by atoms with E-state index in [0.717, 1.165) is 32.0 Å². The molecule has 0 aliphatic carbocycles. The highest BCUT2D eigenvalue weighted by Gasteiger charge is 2.13. The lowest BCUT2D eigenvalue weighted by Gasteiger charge is -2.28. The number of carbonyl (C=O) groups is 2. The van der Waals surface area contributed by atoms with Crippen LogP contribution in [0.25, 0.3) is 0 Å². The van der Waals surface area contributed by atoms with Crippen molar-refractivity contribution in [2.45, 2.75) is 0 Å². The fraction of sp³-hybridized carbons (Fsp3) is 0.278. The van der Waals surface area contributed by atoms with Crippen LogP contribution in [0.3, 0.4) is 0 Å². The summed E-state index contributed by atoms with van der Waals surface area (Å²) in [6.07, 6.45) is 1.57. The van der Waals surface area contributed by atoms with E-state index in [1.807, 2.05) is 6.07 Å². The van der Waals surface area contributed by atoms with E-state index in [2.05, 4.69) is 20.5 Å². The minimum absolute atomic E-state index is 0.261. The van der Waals surface area contributed by atoms with Crippen LogP contribution >= 0.6 is 0 Å². The molecule has 8 nitrogen and oxygen atoms in total. The zero-order chi connectivity index (χ0) is 18.4. The second kappa shape index (κ2) is 8.30. The average Bonchev–Trinajstić information content (AvgIpc) is 2.68. The van der Waals surface area contributed by atoms with Crippen molar-refractivity contribution in [3.63, 3.8) is 0 Å². The Morgan fingerprint density at radius 3 is 2.50 bits per heavy atom. The Labute approximate surface area is 150 Å². The highest BCUT2D eigenvalue weighted by atomic mass is 16.5. The van der Waals surface area contributed by atoms with Gasteiger partial charge in [-0.25, -0.2) is 9.78 Å². The number of hydrogen-bond donors (Lipinski definition) is 3. The summed E-state index contributed by atoms with van der Waals surface area (Å²) in [6, 6.07) is 10.1. The number of carboxylic acid groups (broad SMARTS) is 1. The monoisotopic (exact) mass is 356 g/mol. The highest BCUT2D eigenvalue weighted by molar-refractivity contribution is 6.04.